The molecule has 1 aliphatic rings. The van der Waals surface area contributed by atoms with Crippen LogP contribution in [0.2, 0.25) is 0 Å². The zero-order chi connectivity index (χ0) is 13.1. The molecule has 0 aliphatic heterocycles. The Hall–Kier alpha value is -2.35. The second-order valence-electron chi connectivity index (χ2n) is 4.67. The maximum Gasteiger partial charge on any atom is 0.207 e. The number of amides is 1. The van der Waals surface area contributed by atoms with Gasteiger partial charge in [-0.2, -0.15) is 0 Å². The molecule has 19 heavy (non-hydrogen) atoms. The molecule has 0 saturated heterocycles. The van der Waals surface area contributed by atoms with E-state index in [9.17, 15) is 4.79 Å². The minimum Gasteiger partial charge on any atom is -0.358 e. The standard InChI is InChI=1S/C17H15NO/c19-12-18-11-17-15-7-3-1-5-13(15)9-10-14-6-2-4-8-16(14)17/h1-10,12,17H,11H2,(H,18,19). The Bertz CT molecular complexity index is 581. The van der Waals surface area contributed by atoms with Gasteiger partial charge in [0.05, 0.1) is 0 Å². The molecule has 0 bridgehead atoms. The van der Waals surface area contributed by atoms with E-state index in [1.165, 1.54) is 22.3 Å². The Kier molecular flexibility index (Phi) is 3.15. The van der Waals surface area contributed by atoms with Gasteiger partial charge in [0.1, 0.15) is 0 Å². The molecular formula is C17H15NO. The van der Waals surface area contributed by atoms with E-state index in [1.807, 2.05) is 12.1 Å². The lowest BCUT2D eigenvalue weighted by Gasteiger charge is -2.19. The molecule has 0 unspecified atom stereocenters. The van der Waals surface area contributed by atoms with Crippen LogP contribution in [0.3, 0.4) is 0 Å². The SMILES string of the molecule is O=CNCC1c2ccccc2C=Cc2ccccc21. The highest BCUT2D eigenvalue weighted by molar-refractivity contribution is 5.76. The fraction of sp³-hybridized carbons (Fsp3) is 0.118. The van der Waals surface area contributed by atoms with Crippen LogP contribution in [0.25, 0.3) is 12.2 Å². The minimum absolute atomic E-state index is 0.201. The summed E-state index contributed by atoms with van der Waals surface area (Å²) in [4.78, 5) is 10.6. The van der Waals surface area contributed by atoms with Crippen molar-refractivity contribution in [3.8, 4) is 0 Å². The maximum atomic E-state index is 10.6. The Balaban J connectivity index is 2.15. The summed E-state index contributed by atoms with van der Waals surface area (Å²) in [6.07, 6.45) is 5.06. The van der Waals surface area contributed by atoms with Gasteiger partial charge in [0.25, 0.3) is 0 Å². The summed E-state index contributed by atoms with van der Waals surface area (Å²) in [7, 11) is 0. The van der Waals surface area contributed by atoms with Gasteiger partial charge in [-0.25, -0.2) is 0 Å². The smallest absolute Gasteiger partial charge is 0.207 e. The van der Waals surface area contributed by atoms with E-state index in [-0.39, 0.29) is 5.92 Å². The predicted octanol–water partition coefficient (Wildman–Crippen LogP) is 3.05. The zero-order valence-electron chi connectivity index (χ0n) is 10.5. The second-order valence-corrected chi connectivity index (χ2v) is 4.67. The molecule has 0 aromatic heterocycles. The van der Waals surface area contributed by atoms with Gasteiger partial charge in [0.15, 0.2) is 0 Å². The predicted molar refractivity (Wildman–Crippen MR) is 77.7 cm³/mol. The van der Waals surface area contributed by atoms with Crippen LogP contribution < -0.4 is 5.32 Å². The number of carbonyl (C=O) groups excluding carboxylic acids is 1. The van der Waals surface area contributed by atoms with Crippen molar-refractivity contribution in [3.05, 3.63) is 70.8 Å². The minimum atomic E-state index is 0.201. The van der Waals surface area contributed by atoms with Crippen molar-refractivity contribution < 1.29 is 4.79 Å². The van der Waals surface area contributed by atoms with E-state index in [2.05, 4.69) is 53.9 Å². The molecule has 1 N–H and O–H groups in total. The largest absolute Gasteiger partial charge is 0.358 e. The van der Waals surface area contributed by atoms with Crippen LogP contribution in [-0.2, 0) is 4.79 Å². The van der Waals surface area contributed by atoms with Crippen LogP contribution in [0.4, 0.5) is 0 Å². The number of fused-ring (bicyclic) bond motifs is 2. The van der Waals surface area contributed by atoms with Crippen molar-refractivity contribution in [2.45, 2.75) is 5.92 Å². The van der Waals surface area contributed by atoms with Gasteiger partial charge >= 0.3 is 0 Å². The summed E-state index contributed by atoms with van der Waals surface area (Å²) in [5.74, 6) is 0.201. The maximum absolute atomic E-state index is 10.6. The Morgan fingerprint density at radius 3 is 1.95 bits per heavy atom. The zero-order valence-corrected chi connectivity index (χ0v) is 10.5. The van der Waals surface area contributed by atoms with Crippen molar-refractivity contribution >= 4 is 18.6 Å². The number of nitrogens with one attached hydrogen (secondary N) is 1. The molecular weight excluding hydrogens is 234 g/mol. The van der Waals surface area contributed by atoms with Gasteiger partial charge in [-0.1, -0.05) is 60.7 Å². The highest BCUT2D eigenvalue weighted by atomic mass is 16.1. The number of hydrogen-bond acceptors (Lipinski definition) is 1. The summed E-state index contributed by atoms with van der Waals surface area (Å²) in [5, 5.41) is 2.82. The van der Waals surface area contributed by atoms with Gasteiger partial charge in [0.2, 0.25) is 6.41 Å². The van der Waals surface area contributed by atoms with Crippen LogP contribution in [0, 0.1) is 0 Å². The summed E-state index contributed by atoms with van der Waals surface area (Å²) < 4.78 is 0. The quantitative estimate of drug-likeness (QED) is 0.832. The first kappa shape index (κ1) is 11.7. The molecule has 2 aromatic carbocycles. The fourth-order valence-corrected chi connectivity index (χ4v) is 2.69. The van der Waals surface area contributed by atoms with Gasteiger partial charge in [-0.05, 0) is 22.3 Å². The van der Waals surface area contributed by atoms with E-state index in [0.717, 1.165) is 6.41 Å². The molecule has 1 aliphatic carbocycles. The van der Waals surface area contributed by atoms with E-state index in [1.54, 1.807) is 0 Å². The van der Waals surface area contributed by atoms with Crippen LogP contribution in [-0.4, -0.2) is 13.0 Å². The van der Waals surface area contributed by atoms with Crippen molar-refractivity contribution in [1.29, 1.82) is 0 Å². The van der Waals surface area contributed by atoms with Crippen LogP contribution >= 0.6 is 0 Å². The first-order chi connectivity index (χ1) is 9.40. The molecule has 0 spiro atoms. The first-order valence-electron chi connectivity index (χ1n) is 6.43. The molecule has 0 radical (unpaired) electrons. The molecule has 0 saturated carbocycles. The van der Waals surface area contributed by atoms with E-state index < -0.39 is 0 Å². The number of benzene rings is 2. The number of carbonyl (C=O) groups is 1. The lowest BCUT2D eigenvalue weighted by molar-refractivity contribution is -0.109. The van der Waals surface area contributed by atoms with Crippen LogP contribution in [0.5, 0.6) is 0 Å². The molecule has 94 valence electrons. The lowest BCUT2D eigenvalue weighted by Crippen LogP contribution is -2.21. The van der Waals surface area contributed by atoms with Crippen LogP contribution in [0.1, 0.15) is 28.2 Å². The molecule has 2 nitrogen and oxygen atoms in total. The Morgan fingerprint density at radius 2 is 1.42 bits per heavy atom. The van der Waals surface area contributed by atoms with Crippen molar-refractivity contribution in [2.75, 3.05) is 6.54 Å². The highest BCUT2D eigenvalue weighted by Gasteiger charge is 2.20. The molecule has 2 aromatic rings. The third-order valence-electron chi connectivity index (χ3n) is 3.59. The summed E-state index contributed by atoms with van der Waals surface area (Å²) in [6, 6.07) is 16.7. The van der Waals surface area contributed by atoms with E-state index in [4.69, 9.17) is 0 Å². The molecule has 3 rings (SSSR count). The third-order valence-corrected chi connectivity index (χ3v) is 3.59. The molecule has 0 heterocycles. The Labute approximate surface area is 112 Å². The molecule has 1 amide bonds. The average molecular weight is 249 g/mol. The van der Waals surface area contributed by atoms with Crippen molar-refractivity contribution in [3.63, 3.8) is 0 Å². The number of hydrogen-bond donors (Lipinski definition) is 1. The second kappa shape index (κ2) is 5.11. The lowest BCUT2D eigenvalue weighted by atomic mass is 9.88. The summed E-state index contributed by atoms with van der Waals surface area (Å²) in [6.45, 7) is 0.624. The topological polar surface area (TPSA) is 29.1 Å². The van der Waals surface area contributed by atoms with Crippen molar-refractivity contribution in [1.82, 2.24) is 5.32 Å². The van der Waals surface area contributed by atoms with Gasteiger partial charge < -0.3 is 5.32 Å². The van der Waals surface area contributed by atoms with Gasteiger partial charge in [-0.15, -0.1) is 0 Å². The molecule has 0 fully saturated rings. The van der Waals surface area contributed by atoms with Gasteiger partial charge in [0, 0.05) is 12.5 Å². The monoisotopic (exact) mass is 249 g/mol. The third kappa shape index (κ3) is 2.17. The molecule has 2 heteroatoms. The highest BCUT2D eigenvalue weighted by Crippen LogP contribution is 2.33. The van der Waals surface area contributed by atoms with Crippen molar-refractivity contribution in [2.24, 2.45) is 0 Å². The van der Waals surface area contributed by atoms with E-state index in [0.29, 0.717) is 6.54 Å². The van der Waals surface area contributed by atoms with E-state index >= 15 is 0 Å². The normalized spacial score (nSPS) is 13.3. The number of rotatable bonds is 3. The average Bonchev–Trinajstić information content (AvgIpc) is 2.62. The summed E-state index contributed by atoms with van der Waals surface area (Å²) >= 11 is 0. The van der Waals surface area contributed by atoms with Crippen LogP contribution in [0.15, 0.2) is 48.5 Å². The molecule has 0 atom stereocenters. The fourth-order valence-electron chi connectivity index (χ4n) is 2.69. The Morgan fingerprint density at radius 1 is 0.895 bits per heavy atom. The first-order valence-corrected chi connectivity index (χ1v) is 6.43. The summed E-state index contributed by atoms with van der Waals surface area (Å²) in [5.41, 5.74) is 4.96. The van der Waals surface area contributed by atoms with Gasteiger partial charge in [-0.3, -0.25) is 4.79 Å².